The fourth-order valence-electron chi connectivity index (χ4n) is 1.47. The van der Waals surface area contributed by atoms with Crippen molar-refractivity contribution in [3.05, 3.63) is 34.3 Å². The molecule has 0 bridgehead atoms. The normalized spacial score (nSPS) is 14.2. The topological polar surface area (TPSA) is 46.2 Å². The molecule has 0 amide bonds. The molecule has 1 aromatic rings. The number of aliphatic hydroxyl groups is 1. The maximum absolute atomic E-state index is 9.62. The fourth-order valence-corrected chi connectivity index (χ4v) is 1.70. The monoisotopic (exact) mass is 249 g/mol. The van der Waals surface area contributed by atoms with Gasteiger partial charge in [-0.3, -0.25) is 0 Å². The van der Waals surface area contributed by atoms with Crippen LogP contribution in [-0.2, 0) is 0 Å². The minimum atomic E-state index is -0.491. The van der Waals surface area contributed by atoms with Gasteiger partial charge in [0.2, 0.25) is 0 Å². The minimum Gasteiger partial charge on any atom is -0.391 e. The summed E-state index contributed by atoms with van der Waals surface area (Å²) >= 11 is 5.83. The molecule has 0 fully saturated rings. The number of hydrogen-bond acceptors (Lipinski definition) is 2. The Balaban J connectivity index is 0.00000196. The minimum absolute atomic E-state index is 0. The largest absolute Gasteiger partial charge is 0.391 e. The molecule has 0 aliphatic heterocycles. The summed E-state index contributed by atoms with van der Waals surface area (Å²) in [5.41, 5.74) is 7.89. The molecule has 0 radical (unpaired) electrons. The third-order valence-electron chi connectivity index (χ3n) is 2.42. The standard InChI is InChI=1S/C11H16ClNO.ClH/c1-3-10(14)11(13)9-5-4-8(12)6-7(9)2;/h4-6,10-11,14H,3,13H2,1-2H3;1H/t10-,11+;/m1./s1. The highest BCUT2D eigenvalue weighted by molar-refractivity contribution is 6.30. The molecule has 4 heteroatoms. The van der Waals surface area contributed by atoms with Crippen molar-refractivity contribution < 1.29 is 5.11 Å². The summed E-state index contributed by atoms with van der Waals surface area (Å²) in [6.45, 7) is 3.86. The van der Waals surface area contributed by atoms with Gasteiger partial charge in [-0.25, -0.2) is 0 Å². The van der Waals surface area contributed by atoms with E-state index in [-0.39, 0.29) is 18.4 Å². The lowest BCUT2D eigenvalue weighted by molar-refractivity contribution is 0.140. The number of aliphatic hydroxyl groups excluding tert-OH is 1. The molecule has 0 aromatic heterocycles. The van der Waals surface area contributed by atoms with Crippen molar-refractivity contribution in [2.75, 3.05) is 0 Å². The van der Waals surface area contributed by atoms with Crippen molar-refractivity contribution in [1.82, 2.24) is 0 Å². The molecule has 3 N–H and O–H groups in total. The number of nitrogens with two attached hydrogens (primary N) is 1. The molecular weight excluding hydrogens is 233 g/mol. The number of halogens is 2. The molecule has 0 saturated heterocycles. The van der Waals surface area contributed by atoms with E-state index in [0.29, 0.717) is 11.4 Å². The zero-order valence-corrected chi connectivity index (χ0v) is 10.5. The van der Waals surface area contributed by atoms with Crippen LogP contribution >= 0.6 is 24.0 Å². The second-order valence-electron chi connectivity index (χ2n) is 3.50. The first-order valence-corrected chi connectivity index (χ1v) is 5.13. The van der Waals surface area contributed by atoms with Crippen molar-refractivity contribution in [2.45, 2.75) is 32.4 Å². The molecule has 0 heterocycles. The van der Waals surface area contributed by atoms with E-state index in [1.54, 1.807) is 6.07 Å². The van der Waals surface area contributed by atoms with E-state index in [4.69, 9.17) is 17.3 Å². The summed E-state index contributed by atoms with van der Waals surface area (Å²) in [6.07, 6.45) is 0.165. The summed E-state index contributed by atoms with van der Waals surface area (Å²) in [5.74, 6) is 0. The predicted molar refractivity (Wildman–Crippen MR) is 66.7 cm³/mol. The van der Waals surface area contributed by atoms with Crippen LogP contribution in [0.25, 0.3) is 0 Å². The Bertz CT molecular complexity index is 317. The molecule has 0 aliphatic rings. The van der Waals surface area contributed by atoms with Crippen molar-refractivity contribution in [2.24, 2.45) is 5.73 Å². The summed E-state index contributed by atoms with van der Waals surface area (Å²) in [5, 5.41) is 10.3. The maximum Gasteiger partial charge on any atom is 0.0730 e. The second-order valence-corrected chi connectivity index (χ2v) is 3.94. The highest BCUT2D eigenvalue weighted by Gasteiger charge is 2.16. The number of hydrogen-bond donors (Lipinski definition) is 2. The van der Waals surface area contributed by atoms with Gasteiger partial charge < -0.3 is 10.8 Å². The summed E-state index contributed by atoms with van der Waals surface area (Å²) in [4.78, 5) is 0. The Morgan fingerprint density at radius 1 is 1.47 bits per heavy atom. The van der Waals surface area contributed by atoms with Crippen molar-refractivity contribution in [3.63, 3.8) is 0 Å². The van der Waals surface area contributed by atoms with E-state index in [1.165, 1.54) is 0 Å². The van der Waals surface area contributed by atoms with Crippen LogP contribution in [0.5, 0.6) is 0 Å². The molecule has 0 unspecified atom stereocenters. The molecule has 1 rings (SSSR count). The Morgan fingerprint density at radius 3 is 2.53 bits per heavy atom. The van der Waals surface area contributed by atoms with Crippen LogP contribution in [0.15, 0.2) is 18.2 Å². The summed E-state index contributed by atoms with van der Waals surface area (Å²) in [7, 11) is 0. The summed E-state index contributed by atoms with van der Waals surface area (Å²) < 4.78 is 0. The van der Waals surface area contributed by atoms with Crippen LogP contribution in [-0.4, -0.2) is 11.2 Å². The molecule has 86 valence electrons. The molecule has 15 heavy (non-hydrogen) atoms. The van der Waals surface area contributed by atoms with Gasteiger partial charge in [0.1, 0.15) is 0 Å². The van der Waals surface area contributed by atoms with Gasteiger partial charge in [-0.05, 0) is 36.6 Å². The van der Waals surface area contributed by atoms with Crippen LogP contribution in [0.3, 0.4) is 0 Å². The van der Waals surface area contributed by atoms with Crippen molar-refractivity contribution in [3.8, 4) is 0 Å². The molecule has 1 aromatic carbocycles. The third kappa shape index (κ3) is 3.65. The number of rotatable bonds is 3. The highest BCUT2D eigenvalue weighted by atomic mass is 35.5. The van der Waals surface area contributed by atoms with Crippen LogP contribution in [0.1, 0.15) is 30.5 Å². The maximum atomic E-state index is 9.62. The van der Waals surface area contributed by atoms with E-state index in [9.17, 15) is 5.11 Å². The van der Waals surface area contributed by atoms with Gasteiger partial charge in [0.05, 0.1) is 12.1 Å². The second kappa shape index (κ2) is 6.33. The van der Waals surface area contributed by atoms with Gasteiger partial charge in [0.25, 0.3) is 0 Å². The molecule has 0 spiro atoms. The first-order valence-electron chi connectivity index (χ1n) is 4.76. The van der Waals surface area contributed by atoms with Crippen LogP contribution in [0.4, 0.5) is 0 Å². The van der Waals surface area contributed by atoms with E-state index >= 15 is 0 Å². The van der Waals surface area contributed by atoms with Gasteiger partial charge in [-0.2, -0.15) is 0 Å². The first-order chi connectivity index (χ1) is 6.56. The first kappa shape index (κ1) is 14.7. The van der Waals surface area contributed by atoms with Crippen LogP contribution in [0.2, 0.25) is 5.02 Å². The van der Waals surface area contributed by atoms with Crippen LogP contribution in [0, 0.1) is 6.92 Å². The molecule has 0 aliphatic carbocycles. The quantitative estimate of drug-likeness (QED) is 0.866. The van der Waals surface area contributed by atoms with E-state index < -0.39 is 6.10 Å². The van der Waals surface area contributed by atoms with Crippen LogP contribution < -0.4 is 5.73 Å². The lowest BCUT2D eigenvalue weighted by Crippen LogP contribution is -2.26. The average molecular weight is 250 g/mol. The van der Waals surface area contributed by atoms with Gasteiger partial charge in [-0.15, -0.1) is 12.4 Å². The van der Waals surface area contributed by atoms with E-state index in [1.807, 2.05) is 26.0 Å². The van der Waals surface area contributed by atoms with E-state index in [0.717, 1.165) is 11.1 Å². The Morgan fingerprint density at radius 2 is 2.07 bits per heavy atom. The summed E-state index contributed by atoms with van der Waals surface area (Å²) in [6, 6.07) is 5.21. The van der Waals surface area contributed by atoms with Gasteiger partial charge >= 0.3 is 0 Å². The fraction of sp³-hybridized carbons (Fsp3) is 0.455. The average Bonchev–Trinajstić information content (AvgIpc) is 2.15. The predicted octanol–water partition coefficient (Wildman–Crippen LogP) is 2.84. The smallest absolute Gasteiger partial charge is 0.0730 e. The highest BCUT2D eigenvalue weighted by Crippen LogP contribution is 2.22. The SMILES string of the molecule is CC[C@@H](O)[C@@H](N)c1ccc(Cl)cc1C.Cl. The Labute approximate surface area is 102 Å². The van der Waals surface area contributed by atoms with Crippen molar-refractivity contribution in [1.29, 1.82) is 0 Å². The number of aryl methyl sites for hydroxylation is 1. The third-order valence-corrected chi connectivity index (χ3v) is 2.66. The van der Waals surface area contributed by atoms with Gasteiger partial charge in [0, 0.05) is 5.02 Å². The lowest BCUT2D eigenvalue weighted by atomic mass is 9.96. The zero-order valence-electron chi connectivity index (χ0n) is 8.90. The lowest BCUT2D eigenvalue weighted by Gasteiger charge is -2.19. The Hall–Kier alpha value is -0.280. The molecular formula is C11H17Cl2NO. The van der Waals surface area contributed by atoms with Gasteiger partial charge in [0.15, 0.2) is 0 Å². The molecule has 2 atom stereocenters. The van der Waals surface area contributed by atoms with Crippen molar-refractivity contribution >= 4 is 24.0 Å². The van der Waals surface area contributed by atoms with E-state index in [2.05, 4.69) is 0 Å². The molecule has 0 saturated carbocycles. The van der Waals surface area contributed by atoms with Gasteiger partial charge in [-0.1, -0.05) is 24.6 Å². The molecule has 2 nitrogen and oxygen atoms in total. The Kier molecular flexibility index (Phi) is 6.22. The number of benzene rings is 1. The zero-order chi connectivity index (χ0) is 10.7.